The van der Waals surface area contributed by atoms with E-state index in [4.69, 9.17) is 4.42 Å². The van der Waals surface area contributed by atoms with Gasteiger partial charge in [-0.15, -0.1) is 0 Å². The van der Waals surface area contributed by atoms with Crippen molar-refractivity contribution in [2.24, 2.45) is 0 Å². The number of ether oxygens (including phenoxy) is 1. The number of nitrogens with zero attached hydrogens (tertiary/aromatic N) is 1. The smallest absolute Gasteiger partial charge is 0.325 e. The van der Waals surface area contributed by atoms with Gasteiger partial charge in [-0.05, 0) is 33.8 Å². The minimum Gasteiger partial charge on any atom is -0.468 e. The van der Waals surface area contributed by atoms with Gasteiger partial charge in [0, 0.05) is 6.04 Å². The zero-order chi connectivity index (χ0) is 13.9. The van der Waals surface area contributed by atoms with Crippen LogP contribution in [0.4, 0.5) is 0 Å². The Balaban J connectivity index is 2.96. The summed E-state index contributed by atoms with van der Waals surface area (Å²) in [6.45, 7) is 7.16. The lowest BCUT2D eigenvalue weighted by Crippen LogP contribution is -2.41. The average Bonchev–Trinajstić information content (AvgIpc) is 2.63. The summed E-state index contributed by atoms with van der Waals surface area (Å²) in [5.41, 5.74) is 0.491. The van der Waals surface area contributed by atoms with Gasteiger partial charge in [-0.3, -0.25) is 9.59 Å². The molecule has 0 radical (unpaired) electrons. The van der Waals surface area contributed by atoms with E-state index in [0.29, 0.717) is 17.1 Å². The summed E-state index contributed by atoms with van der Waals surface area (Å²) >= 11 is 0. The number of aryl methyl sites for hydroxylation is 2. The summed E-state index contributed by atoms with van der Waals surface area (Å²) in [4.78, 5) is 25.1. The van der Waals surface area contributed by atoms with Gasteiger partial charge >= 0.3 is 5.97 Å². The maximum atomic E-state index is 12.3. The summed E-state index contributed by atoms with van der Waals surface area (Å²) in [7, 11) is 1.30. The van der Waals surface area contributed by atoms with Gasteiger partial charge in [-0.1, -0.05) is 0 Å². The fourth-order valence-electron chi connectivity index (χ4n) is 1.69. The Kier molecular flexibility index (Phi) is 4.53. The quantitative estimate of drug-likeness (QED) is 0.769. The van der Waals surface area contributed by atoms with Crippen LogP contribution >= 0.6 is 0 Å². The van der Waals surface area contributed by atoms with Crippen molar-refractivity contribution in [2.45, 2.75) is 33.7 Å². The van der Waals surface area contributed by atoms with Crippen molar-refractivity contribution in [3.63, 3.8) is 0 Å². The first-order chi connectivity index (χ1) is 8.36. The monoisotopic (exact) mass is 253 g/mol. The summed E-state index contributed by atoms with van der Waals surface area (Å²) in [6, 6.07) is 1.59. The van der Waals surface area contributed by atoms with Crippen LogP contribution < -0.4 is 0 Å². The first kappa shape index (κ1) is 14.3. The van der Waals surface area contributed by atoms with E-state index in [-0.39, 0.29) is 18.5 Å². The molecule has 0 saturated carbocycles. The molecule has 0 aliphatic carbocycles. The molecule has 5 heteroatoms. The molecule has 18 heavy (non-hydrogen) atoms. The molecule has 0 unspecified atom stereocenters. The van der Waals surface area contributed by atoms with E-state index in [9.17, 15) is 9.59 Å². The third-order valence-electron chi connectivity index (χ3n) is 2.68. The summed E-state index contributed by atoms with van der Waals surface area (Å²) in [6.07, 6.45) is 0. The Morgan fingerprint density at radius 1 is 1.39 bits per heavy atom. The van der Waals surface area contributed by atoms with Gasteiger partial charge in [-0.2, -0.15) is 0 Å². The zero-order valence-corrected chi connectivity index (χ0v) is 11.4. The molecule has 1 amide bonds. The molecule has 0 N–H and O–H groups in total. The number of carbonyl (C=O) groups excluding carboxylic acids is 2. The van der Waals surface area contributed by atoms with Crippen molar-refractivity contribution in [3.8, 4) is 0 Å². The summed E-state index contributed by atoms with van der Waals surface area (Å²) in [5.74, 6) is 0.588. The van der Waals surface area contributed by atoms with Crippen LogP contribution in [0.2, 0.25) is 0 Å². The fraction of sp³-hybridized carbons (Fsp3) is 0.538. The minimum absolute atomic E-state index is 0.0589. The second-order valence-electron chi connectivity index (χ2n) is 4.43. The normalized spacial score (nSPS) is 10.6. The number of esters is 1. The van der Waals surface area contributed by atoms with Crippen LogP contribution in [0.5, 0.6) is 0 Å². The summed E-state index contributed by atoms with van der Waals surface area (Å²) < 4.78 is 9.93. The van der Waals surface area contributed by atoms with Crippen LogP contribution in [0.15, 0.2) is 10.5 Å². The molecule has 0 aliphatic rings. The van der Waals surface area contributed by atoms with Crippen LogP contribution in [-0.4, -0.2) is 36.5 Å². The molecule has 1 heterocycles. The van der Waals surface area contributed by atoms with Gasteiger partial charge < -0.3 is 14.1 Å². The largest absolute Gasteiger partial charge is 0.468 e. The van der Waals surface area contributed by atoms with Gasteiger partial charge in [0.15, 0.2) is 0 Å². The zero-order valence-electron chi connectivity index (χ0n) is 11.4. The SMILES string of the molecule is COC(=O)CN(C(=O)c1cc(C)oc1C)C(C)C. The van der Waals surface area contributed by atoms with Crippen molar-refractivity contribution in [2.75, 3.05) is 13.7 Å². The van der Waals surface area contributed by atoms with Crippen molar-refractivity contribution < 1.29 is 18.7 Å². The first-order valence-corrected chi connectivity index (χ1v) is 5.81. The van der Waals surface area contributed by atoms with E-state index in [1.54, 1.807) is 19.9 Å². The van der Waals surface area contributed by atoms with E-state index in [2.05, 4.69) is 4.74 Å². The van der Waals surface area contributed by atoms with Crippen LogP contribution in [0.25, 0.3) is 0 Å². The molecule has 100 valence electrons. The van der Waals surface area contributed by atoms with E-state index in [1.807, 2.05) is 13.8 Å². The second kappa shape index (κ2) is 5.71. The molecular weight excluding hydrogens is 234 g/mol. The van der Waals surface area contributed by atoms with Crippen LogP contribution in [0.1, 0.15) is 35.7 Å². The third-order valence-corrected chi connectivity index (χ3v) is 2.68. The van der Waals surface area contributed by atoms with Crippen LogP contribution in [-0.2, 0) is 9.53 Å². The first-order valence-electron chi connectivity index (χ1n) is 5.81. The van der Waals surface area contributed by atoms with E-state index in [0.717, 1.165) is 0 Å². The number of amides is 1. The number of hydrogen-bond acceptors (Lipinski definition) is 4. The van der Waals surface area contributed by atoms with Gasteiger partial charge in [0.2, 0.25) is 0 Å². The molecule has 0 saturated heterocycles. The van der Waals surface area contributed by atoms with Gasteiger partial charge in [-0.25, -0.2) is 0 Å². The highest BCUT2D eigenvalue weighted by atomic mass is 16.5. The third kappa shape index (κ3) is 3.12. The highest BCUT2D eigenvalue weighted by molar-refractivity contribution is 5.97. The van der Waals surface area contributed by atoms with E-state index in [1.165, 1.54) is 12.0 Å². The standard InChI is InChI=1S/C13H19NO4/c1-8(2)14(7-12(15)17-5)13(16)11-6-9(3)18-10(11)4/h6,8H,7H2,1-5H3. The molecule has 1 aromatic rings. The molecule has 0 fully saturated rings. The molecule has 0 atom stereocenters. The van der Waals surface area contributed by atoms with Crippen molar-refractivity contribution in [1.82, 2.24) is 4.90 Å². The fourth-order valence-corrected chi connectivity index (χ4v) is 1.69. The van der Waals surface area contributed by atoms with Gasteiger partial charge in [0.25, 0.3) is 5.91 Å². The number of methoxy groups -OCH3 is 1. The minimum atomic E-state index is -0.435. The Labute approximate surface area is 107 Å². The van der Waals surface area contributed by atoms with Gasteiger partial charge in [0.1, 0.15) is 18.1 Å². The second-order valence-corrected chi connectivity index (χ2v) is 4.43. The maximum Gasteiger partial charge on any atom is 0.325 e. The molecule has 0 bridgehead atoms. The predicted molar refractivity (Wildman–Crippen MR) is 66.4 cm³/mol. The number of furan rings is 1. The number of rotatable bonds is 4. The molecule has 5 nitrogen and oxygen atoms in total. The van der Waals surface area contributed by atoms with Crippen molar-refractivity contribution in [1.29, 1.82) is 0 Å². The van der Waals surface area contributed by atoms with Crippen molar-refractivity contribution >= 4 is 11.9 Å². The molecule has 0 aromatic carbocycles. The molecule has 0 spiro atoms. The topological polar surface area (TPSA) is 59.8 Å². The molecule has 1 aromatic heterocycles. The molecule has 1 rings (SSSR count). The Morgan fingerprint density at radius 2 is 2.00 bits per heavy atom. The lowest BCUT2D eigenvalue weighted by Gasteiger charge is -2.25. The van der Waals surface area contributed by atoms with Crippen molar-refractivity contribution in [3.05, 3.63) is 23.2 Å². The van der Waals surface area contributed by atoms with Crippen LogP contribution in [0, 0.1) is 13.8 Å². The Bertz CT molecular complexity index is 448. The Morgan fingerprint density at radius 3 is 2.39 bits per heavy atom. The lowest BCUT2D eigenvalue weighted by molar-refractivity contribution is -0.141. The lowest BCUT2D eigenvalue weighted by atomic mass is 10.2. The molecular formula is C13H19NO4. The average molecular weight is 253 g/mol. The van der Waals surface area contributed by atoms with E-state index >= 15 is 0 Å². The highest BCUT2D eigenvalue weighted by Gasteiger charge is 2.24. The van der Waals surface area contributed by atoms with Gasteiger partial charge in [0.05, 0.1) is 12.7 Å². The highest BCUT2D eigenvalue weighted by Crippen LogP contribution is 2.17. The van der Waals surface area contributed by atoms with E-state index < -0.39 is 5.97 Å². The maximum absolute atomic E-state index is 12.3. The number of hydrogen-bond donors (Lipinski definition) is 0. The predicted octanol–water partition coefficient (Wildman–Crippen LogP) is 1.92. The Hall–Kier alpha value is -1.78. The number of carbonyl (C=O) groups is 2. The van der Waals surface area contributed by atoms with Crippen LogP contribution in [0.3, 0.4) is 0 Å². The molecule has 0 aliphatic heterocycles. The summed E-state index contributed by atoms with van der Waals surface area (Å²) in [5, 5.41) is 0.